The molecule has 4 heterocycles. The summed E-state index contributed by atoms with van der Waals surface area (Å²) in [5.41, 5.74) is 1.18. The highest BCUT2D eigenvalue weighted by Gasteiger charge is 2.43. The highest BCUT2D eigenvalue weighted by molar-refractivity contribution is 5.82. The third-order valence-corrected chi connectivity index (χ3v) is 6.56. The van der Waals surface area contributed by atoms with Crippen molar-refractivity contribution in [1.82, 2.24) is 14.8 Å². The number of amides is 1. The molecule has 0 spiro atoms. The number of β-amino-alcohol motifs (C(OH)–C–C–N with tert-alkyl or cyclic N) is 1. The number of piperidine rings is 1. The van der Waals surface area contributed by atoms with Gasteiger partial charge in [0.1, 0.15) is 0 Å². The smallest absolute Gasteiger partial charge is 0.250 e. The third kappa shape index (κ3) is 3.57. The number of rotatable bonds is 4. The molecule has 1 aromatic heterocycles. The SMILES string of the molecule is CC(C)CC[C@H]1[C@H]2C[C@H](CN(C(=O)[C@@H]3C[C@@H](O)CN3)C2)c2cccc(=O)n21. The third-order valence-electron chi connectivity index (χ3n) is 6.56. The van der Waals surface area contributed by atoms with Gasteiger partial charge >= 0.3 is 0 Å². The first-order valence-electron chi connectivity index (χ1n) is 10.4. The van der Waals surface area contributed by atoms with Crippen LogP contribution in [0.1, 0.15) is 57.2 Å². The first-order chi connectivity index (χ1) is 12.9. The average Bonchev–Trinajstić information content (AvgIpc) is 3.07. The predicted molar refractivity (Wildman–Crippen MR) is 104 cm³/mol. The normalized spacial score (nSPS) is 32.6. The van der Waals surface area contributed by atoms with Crippen molar-refractivity contribution in [3.63, 3.8) is 0 Å². The van der Waals surface area contributed by atoms with Gasteiger partial charge in [-0.2, -0.15) is 0 Å². The Hall–Kier alpha value is -1.66. The van der Waals surface area contributed by atoms with Crippen LogP contribution in [0.4, 0.5) is 0 Å². The number of hydrogen-bond donors (Lipinski definition) is 2. The maximum absolute atomic E-state index is 13.0. The minimum Gasteiger partial charge on any atom is -0.392 e. The Kier molecular flexibility index (Phi) is 5.12. The lowest BCUT2D eigenvalue weighted by Crippen LogP contribution is -2.54. The summed E-state index contributed by atoms with van der Waals surface area (Å²) in [6.07, 6.45) is 3.18. The molecule has 2 bridgehead atoms. The van der Waals surface area contributed by atoms with Crippen LogP contribution in [-0.4, -0.2) is 52.3 Å². The van der Waals surface area contributed by atoms with Gasteiger partial charge in [0.15, 0.2) is 0 Å². The number of hydrogen-bond acceptors (Lipinski definition) is 4. The fourth-order valence-corrected chi connectivity index (χ4v) is 5.22. The highest BCUT2D eigenvalue weighted by Crippen LogP contribution is 2.43. The molecule has 3 aliphatic rings. The van der Waals surface area contributed by atoms with Gasteiger partial charge in [0, 0.05) is 43.4 Å². The Bertz CT molecular complexity index is 759. The van der Waals surface area contributed by atoms with Crippen molar-refractivity contribution >= 4 is 5.91 Å². The minimum absolute atomic E-state index is 0.0938. The number of nitrogens with one attached hydrogen (secondary N) is 1. The second-order valence-electron chi connectivity index (χ2n) is 8.98. The summed E-state index contributed by atoms with van der Waals surface area (Å²) in [6, 6.07) is 5.48. The van der Waals surface area contributed by atoms with Gasteiger partial charge in [-0.3, -0.25) is 9.59 Å². The molecular weight excluding hydrogens is 342 g/mol. The quantitative estimate of drug-likeness (QED) is 0.839. The molecule has 6 nitrogen and oxygen atoms in total. The Balaban J connectivity index is 1.61. The van der Waals surface area contributed by atoms with E-state index in [2.05, 4.69) is 25.2 Å². The Labute approximate surface area is 160 Å². The van der Waals surface area contributed by atoms with Crippen LogP contribution >= 0.6 is 0 Å². The molecule has 5 atom stereocenters. The van der Waals surface area contributed by atoms with Gasteiger partial charge in [-0.1, -0.05) is 19.9 Å². The van der Waals surface area contributed by atoms with Gasteiger partial charge in [0.25, 0.3) is 5.56 Å². The van der Waals surface area contributed by atoms with Crippen LogP contribution in [0.5, 0.6) is 0 Å². The lowest BCUT2D eigenvalue weighted by Gasteiger charge is -2.47. The molecule has 1 aromatic rings. The van der Waals surface area contributed by atoms with Crippen molar-refractivity contribution in [3.05, 3.63) is 34.2 Å². The van der Waals surface area contributed by atoms with Gasteiger partial charge in [0.05, 0.1) is 12.1 Å². The molecule has 3 aliphatic heterocycles. The van der Waals surface area contributed by atoms with Crippen LogP contribution in [-0.2, 0) is 4.79 Å². The molecule has 0 aliphatic carbocycles. The van der Waals surface area contributed by atoms with E-state index in [9.17, 15) is 14.7 Å². The zero-order valence-corrected chi connectivity index (χ0v) is 16.3. The van der Waals surface area contributed by atoms with E-state index in [0.717, 1.165) is 25.0 Å². The van der Waals surface area contributed by atoms with Crippen molar-refractivity contribution < 1.29 is 9.90 Å². The molecule has 0 aromatic carbocycles. The lowest BCUT2D eigenvalue weighted by molar-refractivity contribution is -0.136. The number of carbonyl (C=O) groups is 1. The van der Waals surface area contributed by atoms with Crippen LogP contribution in [0.25, 0.3) is 0 Å². The largest absolute Gasteiger partial charge is 0.392 e. The van der Waals surface area contributed by atoms with Gasteiger partial charge < -0.3 is 19.9 Å². The van der Waals surface area contributed by atoms with Crippen molar-refractivity contribution in [2.75, 3.05) is 19.6 Å². The molecule has 148 valence electrons. The van der Waals surface area contributed by atoms with Crippen LogP contribution in [0.2, 0.25) is 0 Å². The van der Waals surface area contributed by atoms with Crippen LogP contribution < -0.4 is 10.9 Å². The number of aliphatic hydroxyl groups is 1. The van der Waals surface area contributed by atoms with E-state index in [1.807, 2.05) is 15.5 Å². The monoisotopic (exact) mass is 373 g/mol. The molecule has 0 saturated carbocycles. The second kappa shape index (κ2) is 7.40. The number of likely N-dealkylation sites (tertiary alicyclic amines) is 1. The number of nitrogens with zero attached hydrogens (tertiary/aromatic N) is 2. The second-order valence-corrected chi connectivity index (χ2v) is 8.98. The molecule has 1 amide bonds. The van der Waals surface area contributed by atoms with Crippen LogP contribution in [0, 0.1) is 11.8 Å². The number of aliphatic hydroxyl groups excluding tert-OH is 1. The summed E-state index contributed by atoms with van der Waals surface area (Å²) in [6.45, 7) is 6.31. The highest BCUT2D eigenvalue weighted by atomic mass is 16.3. The van der Waals surface area contributed by atoms with E-state index in [0.29, 0.717) is 37.9 Å². The predicted octanol–water partition coefficient (Wildman–Crippen LogP) is 1.49. The molecule has 2 saturated heterocycles. The van der Waals surface area contributed by atoms with E-state index in [1.165, 1.54) is 0 Å². The molecule has 6 heteroatoms. The van der Waals surface area contributed by atoms with Crippen molar-refractivity contribution in [2.45, 2.75) is 63.6 Å². The Morgan fingerprint density at radius 2 is 2.11 bits per heavy atom. The summed E-state index contributed by atoms with van der Waals surface area (Å²) in [7, 11) is 0. The van der Waals surface area contributed by atoms with Gasteiger partial charge in [-0.25, -0.2) is 0 Å². The summed E-state index contributed by atoms with van der Waals surface area (Å²) < 4.78 is 2.03. The van der Waals surface area contributed by atoms with Gasteiger partial charge in [-0.05, 0) is 43.6 Å². The summed E-state index contributed by atoms with van der Waals surface area (Å²) in [4.78, 5) is 27.7. The van der Waals surface area contributed by atoms with E-state index in [4.69, 9.17) is 0 Å². The first-order valence-corrected chi connectivity index (χ1v) is 10.4. The lowest BCUT2D eigenvalue weighted by atomic mass is 9.76. The number of fused-ring (bicyclic) bond motifs is 4. The topological polar surface area (TPSA) is 74.6 Å². The van der Waals surface area contributed by atoms with Gasteiger partial charge in [-0.15, -0.1) is 0 Å². The number of aromatic nitrogens is 1. The van der Waals surface area contributed by atoms with E-state index in [-0.39, 0.29) is 29.5 Å². The average molecular weight is 373 g/mol. The molecular formula is C21H31N3O3. The molecule has 0 radical (unpaired) electrons. The summed E-state index contributed by atoms with van der Waals surface area (Å²) in [5.74, 6) is 1.25. The summed E-state index contributed by atoms with van der Waals surface area (Å²) >= 11 is 0. The fourth-order valence-electron chi connectivity index (χ4n) is 5.22. The van der Waals surface area contributed by atoms with E-state index in [1.54, 1.807) is 6.07 Å². The van der Waals surface area contributed by atoms with Crippen molar-refractivity contribution in [2.24, 2.45) is 11.8 Å². The Morgan fingerprint density at radius 1 is 1.30 bits per heavy atom. The molecule has 2 fully saturated rings. The standard InChI is InChI=1S/C21H31N3O3/c1-13(2)6-7-19-15-8-14(18-4-3-5-20(26)24(18)19)11-23(12-15)21(27)17-9-16(25)10-22-17/h3-5,13-17,19,22,25H,6-12H2,1-2H3/t14-,15+,16-,17+,19+/m1/s1. The number of pyridine rings is 1. The van der Waals surface area contributed by atoms with E-state index >= 15 is 0 Å². The number of carbonyl (C=O) groups excluding carboxylic acids is 1. The molecule has 0 unspecified atom stereocenters. The molecule has 4 rings (SSSR count). The van der Waals surface area contributed by atoms with E-state index < -0.39 is 6.10 Å². The van der Waals surface area contributed by atoms with Crippen molar-refractivity contribution in [3.8, 4) is 0 Å². The first kappa shape index (κ1) is 18.7. The fraction of sp³-hybridized carbons (Fsp3) is 0.714. The maximum atomic E-state index is 13.0. The molecule has 27 heavy (non-hydrogen) atoms. The zero-order valence-electron chi connectivity index (χ0n) is 16.3. The van der Waals surface area contributed by atoms with Crippen LogP contribution in [0.15, 0.2) is 23.0 Å². The maximum Gasteiger partial charge on any atom is 0.250 e. The zero-order chi connectivity index (χ0) is 19.1. The molecule has 2 N–H and O–H groups in total. The minimum atomic E-state index is -0.429. The van der Waals surface area contributed by atoms with Gasteiger partial charge in [0.2, 0.25) is 5.91 Å². The summed E-state index contributed by atoms with van der Waals surface area (Å²) in [5, 5.41) is 12.9. The van der Waals surface area contributed by atoms with Crippen molar-refractivity contribution in [1.29, 1.82) is 0 Å². The van der Waals surface area contributed by atoms with Crippen LogP contribution in [0.3, 0.4) is 0 Å². The Morgan fingerprint density at radius 3 is 2.81 bits per heavy atom.